The minimum Gasteiger partial charge on any atom is -0.353 e. The summed E-state index contributed by atoms with van der Waals surface area (Å²) in [6.07, 6.45) is 19.3. The first-order valence-corrected chi connectivity index (χ1v) is 12.0. The molecule has 0 bridgehead atoms. The van der Waals surface area contributed by atoms with Gasteiger partial charge in [-0.25, -0.2) is 0 Å². The standard InChI is InChI=1S/C23H45N3O2/c1-2-3-4-5-6-7-8-9-10-11-12-13-14-17-22(27)26-20-15-16-21(26)23(28)25-19-18-24/h21H,2-20,24H2,1H3,(H,25,28). The van der Waals surface area contributed by atoms with Crippen LogP contribution < -0.4 is 11.1 Å². The fourth-order valence-corrected chi connectivity index (χ4v) is 4.09. The van der Waals surface area contributed by atoms with Crippen molar-refractivity contribution in [1.82, 2.24) is 10.2 Å². The van der Waals surface area contributed by atoms with E-state index in [1.807, 2.05) is 0 Å². The van der Waals surface area contributed by atoms with Crippen LogP contribution >= 0.6 is 0 Å². The van der Waals surface area contributed by atoms with E-state index >= 15 is 0 Å². The zero-order valence-corrected chi connectivity index (χ0v) is 18.4. The Labute approximate surface area is 173 Å². The van der Waals surface area contributed by atoms with Gasteiger partial charge in [-0.05, 0) is 19.3 Å². The second-order valence-electron chi connectivity index (χ2n) is 8.32. The maximum Gasteiger partial charge on any atom is 0.242 e. The number of rotatable bonds is 17. The molecule has 164 valence electrons. The van der Waals surface area contributed by atoms with Gasteiger partial charge in [0.2, 0.25) is 11.8 Å². The maximum absolute atomic E-state index is 12.5. The second kappa shape index (κ2) is 16.8. The van der Waals surface area contributed by atoms with Crippen molar-refractivity contribution in [2.24, 2.45) is 5.73 Å². The monoisotopic (exact) mass is 395 g/mol. The Morgan fingerprint density at radius 1 is 0.893 bits per heavy atom. The molecule has 1 fully saturated rings. The Kier molecular flexibility index (Phi) is 15.0. The van der Waals surface area contributed by atoms with Crippen molar-refractivity contribution in [2.45, 2.75) is 116 Å². The lowest BCUT2D eigenvalue weighted by atomic mass is 10.0. The third kappa shape index (κ3) is 11.0. The highest BCUT2D eigenvalue weighted by Gasteiger charge is 2.33. The predicted octanol–water partition coefficient (Wildman–Crippen LogP) is 4.53. The quantitative estimate of drug-likeness (QED) is 0.355. The summed E-state index contributed by atoms with van der Waals surface area (Å²) in [7, 11) is 0. The van der Waals surface area contributed by atoms with E-state index in [1.54, 1.807) is 4.90 Å². The number of carbonyl (C=O) groups excluding carboxylic acids is 2. The summed E-state index contributed by atoms with van der Waals surface area (Å²) in [5, 5.41) is 2.82. The van der Waals surface area contributed by atoms with Crippen LogP contribution in [-0.4, -0.2) is 42.4 Å². The smallest absolute Gasteiger partial charge is 0.242 e. The SMILES string of the molecule is CCCCCCCCCCCCCCCC(=O)N1CCCC1C(=O)NCCN. The van der Waals surface area contributed by atoms with Crippen LogP contribution in [0.5, 0.6) is 0 Å². The number of likely N-dealkylation sites (tertiary alicyclic amines) is 1. The third-order valence-corrected chi connectivity index (χ3v) is 5.81. The van der Waals surface area contributed by atoms with E-state index in [4.69, 9.17) is 5.73 Å². The summed E-state index contributed by atoms with van der Waals surface area (Å²) in [6.45, 7) is 3.90. The second-order valence-corrected chi connectivity index (χ2v) is 8.32. The Hall–Kier alpha value is -1.10. The van der Waals surface area contributed by atoms with Gasteiger partial charge in [-0.1, -0.05) is 84.0 Å². The van der Waals surface area contributed by atoms with Gasteiger partial charge < -0.3 is 16.0 Å². The molecule has 0 spiro atoms. The molecule has 0 aliphatic carbocycles. The maximum atomic E-state index is 12.5. The molecular formula is C23H45N3O2. The number of hydrogen-bond acceptors (Lipinski definition) is 3. The zero-order chi connectivity index (χ0) is 20.5. The van der Waals surface area contributed by atoms with E-state index in [-0.39, 0.29) is 17.9 Å². The molecule has 1 saturated heterocycles. The van der Waals surface area contributed by atoms with Crippen molar-refractivity contribution in [3.63, 3.8) is 0 Å². The number of hydrogen-bond donors (Lipinski definition) is 2. The van der Waals surface area contributed by atoms with Crippen molar-refractivity contribution in [1.29, 1.82) is 0 Å². The van der Waals surface area contributed by atoms with Crippen LogP contribution in [0.2, 0.25) is 0 Å². The highest BCUT2D eigenvalue weighted by atomic mass is 16.2. The average molecular weight is 396 g/mol. The first-order valence-electron chi connectivity index (χ1n) is 12.0. The minimum atomic E-state index is -0.277. The lowest BCUT2D eigenvalue weighted by molar-refractivity contribution is -0.138. The largest absolute Gasteiger partial charge is 0.353 e. The lowest BCUT2D eigenvalue weighted by Crippen LogP contribution is -2.46. The summed E-state index contributed by atoms with van der Waals surface area (Å²) < 4.78 is 0. The van der Waals surface area contributed by atoms with Crippen molar-refractivity contribution in [3.8, 4) is 0 Å². The third-order valence-electron chi connectivity index (χ3n) is 5.81. The van der Waals surface area contributed by atoms with E-state index in [0.29, 0.717) is 19.5 Å². The fourth-order valence-electron chi connectivity index (χ4n) is 4.09. The molecule has 5 heteroatoms. The summed E-state index contributed by atoms with van der Waals surface area (Å²) in [6, 6.07) is -0.277. The molecule has 1 rings (SSSR count). The molecule has 1 heterocycles. The van der Waals surface area contributed by atoms with Gasteiger partial charge in [0.05, 0.1) is 0 Å². The van der Waals surface area contributed by atoms with Crippen LogP contribution in [0.1, 0.15) is 110 Å². The fraction of sp³-hybridized carbons (Fsp3) is 0.913. The number of unbranched alkanes of at least 4 members (excludes halogenated alkanes) is 12. The molecule has 1 atom stereocenters. The molecule has 2 amide bonds. The van der Waals surface area contributed by atoms with E-state index in [2.05, 4.69) is 12.2 Å². The number of carbonyl (C=O) groups is 2. The highest BCUT2D eigenvalue weighted by molar-refractivity contribution is 5.88. The van der Waals surface area contributed by atoms with Gasteiger partial charge in [0.25, 0.3) is 0 Å². The normalized spacial score (nSPS) is 16.5. The summed E-state index contributed by atoms with van der Waals surface area (Å²) in [5.41, 5.74) is 5.44. The Morgan fingerprint density at radius 3 is 1.96 bits per heavy atom. The number of nitrogens with two attached hydrogens (primary N) is 1. The van der Waals surface area contributed by atoms with Crippen LogP contribution in [0.4, 0.5) is 0 Å². The van der Waals surface area contributed by atoms with E-state index in [9.17, 15) is 9.59 Å². The molecular weight excluding hydrogens is 350 g/mol. The highest BCUT2D eigenvalue weighted by Crippen LogP contribution is 2.20. The van der Waals surface area contributed by atoms with Crippen LogP contribution in [0, 0.1) is 0 Å². The summed E-state index contributed by atoms with van der Waals surface area (Å²) >= 11 is 0. The Bertz CT molecular complexity index is 415. The molecule has 0 aromatic heterocycles. The van der Waals surface area contributed by atoms with Gasteiger partial charge in [-0.2, -0.15) is 0 Å². The van der Waals surface area contributed by atoms with Crippen LogP contribution in [0.3, 0.4) is 0 Å². The minimum absolute atomic E-state index is 0.0401. The summed E-state index contributed by atoms with van der Waals surface area (Å²) in [4.78, 5) is 26.4. The molecule has 1 aliphatic rings. The molecule has 3 N–H and O–H groups in total. The number of nitrogens with zero attached hydrogens (tertiary/aromatic N) is 1. The van der Waals surface area contributed by atoms with Gasteiger partial charge >= 0.3 is 0 Å². The molecule has 1 unspecified atom stereocenters. The molecule has 28 heavy (non-hydrogen) atoms. The Morgan fingerprint density at radius 2 is 1.43 bits per heavy atom. The van der Waals surface area contributed by atoms with Crippen molar-refractivity contribution in [3.05, 3.63) is 0 Å². The van der Waals surface area contributed by atoms with E-state index in [1.165, 1.54) is 70.6 Å². The average Bonchev–Trinajstić information content (AvgIpc) is 3.19. The lowest BCUT2D eigenvalue weighted by Gasteiger charge is -2.24. The van der Waals surface area contributed by atoms with Crippen LogP contribution in [-0.2, 0) is 9.59 Å². The first kappa shape index (κ1) is 24.9. The van der Waals surface area contributed by atoms with Crippen LogP contribution in [0.15, 0.2) is 0 Å². The van der Waals surface area contributed by atoms with Crippen molar-refractivity contribution in [2.75, 3.05) is 19.6 Å². The van der Waals surface area contributed by atoms with Gasteiger partial charge in [0, 0.05) is 26.1 Å². The number of nitrogens with one attached hydrogen (secondary N) is 1. The van der Waals surface area contributed by atoms with Crippen molar-refractivity contribution >= 4 is 11.8 Å². The van der Waals surface area contributed by atoms with Gasteiger partial charge in [0.15, 0.2) is 0 Å². The van der Waals surface area contributed by atoms with Gasteiger partial charge in [-0.3, -0.25) is 9.59 Å². The van der Waals surface area contributed by atoms with E-state index < -0.39 is 0 Å². The number of amides is 2. The molecule has 5 nitrogen and oxygen atoms in total. The van der Waals surface area contributed by atoms with Gasteiger partial charge in [0.1, 0.15) is 6.04 Å². The predicted molar refractivity (Wildman–Crippen MR) is 117 cm³/mol. The Balaban J connectivity index is 1.98. The van der Waals surface area contributed by atoms with Gasteiger partial charge in [-0.15, -0.1) is 0 Å². The molecule has 0 aromatic carbocycles. The molecule has 1 aliphatic heterocycles. The van der Waals surface area contributed by atoms with Crippen molar-refractivity contribution < 1.29 is 9.59 Å². The topological polar surface area (TPSA) is 75.4 Å². The van der Waals surface area contributed by atoms with Crippen LogP contribution in [0.25, 0.3) is 0 Å². The molecule has 0 aromatic rings. The molecule has 0 radical (unpaired) electrons. The van der Waals surface area contributed by atoms with E-state index in [0.717, 1.165) is 32.2 Å². The molecule has 0 saturated carbocycles. The first-order chi connectivity index (χ1) is 13.7. The zero-order valence-electron chi connectivity index (χ0n) is 18.4. The summed E-state index contributed by atoms with van der Waals surface area (Å²) in [5.74, 6) is 0.107.